The molecule has 2 aliphatic heterocycles. The molecule has 8 nitrogen and oxygen atoms in total. The van der Waals surface area contributed by atoms with E-state index in [4.69, 9.17) is 28.3 Å². The van der Waals surface area contributed by atoms with Crippen molar-refractivity contribution in [2.75, 3.05) is 31.1 Å². The molecule has 0 spiro atoms. The first kappa shape index (κ1) is 24.9. The molecule has 0 saturated carbocycles. The summed E-state index contributed by atoms with van der Waals surface area (Å²) in [6.45, 7) is -1.13. The van der Waals surface area contributed by atoms with Crippen molar-refractivity contribution >= 4 is 41.2 Å². The number of hydrogen-bond donors (Lipinski definition) is 1. The number of halogens is 4. The molecule has 2 fully saturated rings. The maximum atomic E-state index is 14.5. The lowest BCUT2D eigenvalue weighted by Gasteiger charge is -2.40. The van der Waals surface area contributed by atoms with E-state index < -0.39 is 59.7 Å². The highest BCUT2D eigenvalue weighted by Gasteiger charge is 2.51. The molecule has 4 rings (SSSR count). The average molecular weight is 483 g/mol. The molecule has 1 aromatic carbocycles. The van der Waals surface area contributed by atoms with E-state index in [9.17, 15) is 27.2 Å². The lowest BCUT2D eigenvalue weighted by atomic mass is 9.42. The predicted molar refractivity (Wildman–Crippen MR) is 118 cm³/mol. The van der Waals surface area contributed by atoms with Crippen molar-refractivity contribution in [2.24, 2.45) is 0 Å². The third-order valence-electron chi connectivity index (χ3n) is 5.51. The Bertz CT molecular complexity index is 1150. The SMILES string of the molecule is [B]C([B])([B])C(=O)N1CC(NC(=O)c2nccnc2N2CC(Oc3ccc(F)c(F)c3)C2)C(F)(F)C1. The topological polar surface area (TPSA) is 87.7 Å². The molecule has 2 amide bonds. The standard InChI is InChI=1S/C20H16B3F4N5O3/c21-20(22,23)18(34)32-8-14(19(26,27)9-32)30-17(33)15-16(29-4-3-28-15)31-6-11(7-31)35-10-1-2-12(24)13(25)5-10/h1-5,11,14H,6-9H2,(H,30,33). The van der Waals surface area contributed by atoms with Crippen LogP contribution in [0, 0.1) is 11.6 Å². The van der Waals surface area contributed by atoms with Crippen molar-refractivity contribution in [1.82, 2.24) is 20.2 Å². The van der Waals surface area contributed by atoms with Crippen LogP contribution < -0.4 is 15.0 Å². The van der Waals surface area contributed by atoms with Crippen LogP contribution in [0.4, 0.5) is 23.4 Å². The molecule has 6 radical (unpaired) electrons. The molecular weight excluding hydrogens is 467 g/mol. The quantitative estimate of drug-likeness (QED) is 0.467. The zero-order valence-electron chi connectivity index (χ0n) is 18.1. The van der Waals surface area contributed by atoms with Gasteiger partial charge in [-0.2, -0.15) is 0 Å². The van der Waals surface area contributed by atoms with Crippen molar-refractivity contribution in [3.05, 3.63) is 47.9 Å². The molecule has 1 aromatic heterocycles. The zero-order chi connectivity index (χ0) is 25.5. The van der Waals surface area contributed by atoms with Crippen LogP contribution >= 0.6 is 0 Å². The second-order valence-electron chi connectivity index (χ2n) is 8.36. The Morgan fingerprint density at radius 3 is 2.43 bits per heavy atom. The Morgan fingerprint density at radius 1 is 1.09 bits per heavy atom. The highest BCUT2D eigenvalue weighted by atomic mass is 19.3. The van der Waals surface area contributed by atoms with E-state index in [2.05, 4.69) is 15.3 Å². The summed E-state index contributed by atoms with van der Waals surface area (Å²) in [7, 11) is 15.9. The molecule has 1 N–H and O–H groups in total. The van der Waals surface area contributed by atoms with Crippen LogP contribution in [0.2, 0.25) is 5.11 Å². The number of likely N-dealkylation sites (tertiary alicyclic amines) is 1. The highest BCUT2D eigenvalue weighted by Crippen LogP contribution is 2.31. The first-order chi connectivity index (χ1) is 16.3. The Labute approximate surface area is 201 Å². The van der Waals surface area contributed by atoms with Crippen molar-refractivity contribution in [3.8, 4) is 5.75 Å². The molecule has 2 aliphatic rings. The lowest BCUT2D eigenvalue weighted by molar-refractivity contribution is -0.130. The van der Waals surface area contributed by atoms with Gasteiger partial charge in [-0.1, -0.05) is 5.11 Å². The van der Waals surface area contributed by atoms with Gasteiger partial charge in [0.15, 0.2) is 23.1 Å². The molecule has 1 atom stereocenters. The van der Waals surface area contributed by atoms with Gasteiger partial charge < -0.3 is 19.9 Å². The smallest absolute Gasteiger partial charge is 0.286 e. The number of nitrogens with zero attached hydrogens (tertiary/aromatic N) is 4. The number of hydrogen-bond acceptors (Lipinski definition) is 6. The third-order valence-corrected chi connectivity index (χ3v) is 5.51. The van der Waals surface area contributed by atoms with Gasteiger partial charge in [-0.3, -0.25) is 9.59 Å². The Balaban J connectivity index is 1.41. The number of amides is 2. The normalized spacial score (nSPS) is 19.8. The monoisotopic (exact) mass is 483 g/mol. The summed E-state index contributed by atoms with van der Waals surface area (Å²) >= 11 is 0. The summed E-state index contributed by atoms with van der Waals surface area (Å²) < 4.78 is 61.0. The molecule has 1 unspecified atom stereocenters. The molecule has 176 valence electrons. The van der Waals surface area contributed by atoms with Crippen LogP contribution in [-0.2, 0) is 4.79 Å². The number of ether oxygens (including phenoxy) is 1. The minimum atomic E-state index is -3.47. The van der Waals surface area contributed by atoms with Gasteiger partial charge in [-0.05, 0) is 12.1 Å². The van der Waals surface area contributed by atoms with E-state index in [1.807, 2.05) is 0 Å². The third kappa shape index (κ3) is 5.23. The predicted octanol–water partition coefficient (Wildman–Crippen LogP) is 0.177. The maximum absolute atomic E-state index is 14.5. The first-order valence-corrected chi connectivity index (χ1v) is 10.4. The van der Waals surface area contributed by atoms with Crippen LogP contribution in [0.5, 0.6) is 5.75 Å². The minimum Gasteiger partial charge on any atom is -0.487 e. The fourth-order valence-electron chi connectivity index (χ4n) is 3.74. The van der Waals surface area contributed by atoms with Gasteiger partial charge >= 0.3 is 0 Å². The van der Waals surface area contributed by atoms with Gasteiger partial charge in [0.25, 0.3) is 11.8 Å². The van der Waals surface area contributed by atoms with E-state index in [1.165, 1.54) is 18.5 Å². The van der Waals surface area contributed by atoms with E-state index in [0.29, 0.717) is 4.90 Å². The molecule has 35 heavy (non-hydrogen) atoms. The number of carbonyl (C=O) groups is 2. The van der Waals surface area contributed by atoms with Crippen LogP contribution in [0.1, 0.15) is 10.5 Å². The van der Waals surface area contributed by atoms with Crippen LogP contribution in [0.3, 0.4) is 0 Å². The molecule has 15 heteroatoms. The van der Waals surface area contributed by atoms with Gasteiger partial charge in [-0.25, -0.2) is 27.5 Å². The van der Waals surface area contributed by atoms with Gasteiger partial charge in [0.2, 0.25) is 5.91 Å². The van der Waals surface area contributed by atoms with Crippen LogP contribution in [0.15, 0.2) is 30.6 Å². The van der Waals surface area contributed by atoms with Crippen LogP contribution in [-0.4, -0.2) is 94.5 Å². The summed E-state index contributed by atoms with van der Waals surface area (Å²) in [5.74, 6) is -7.31. The van der Waals surface area contributed by atoms with Crippen LogP contribution in [0.25, 0.3) is 0 Å². The number of alkyl halides is 2. The number of nitrogens with one attached hydrogen (secondary N) is 1. The summed E-state index contributed by atoms with van der Waals surface area (Å²) in [4.78, 5) is 35.2. The van der Waals surface area contributed by atoms with E-state index in [-0.39, 0.29) is 30.4 Å². The molecular formula is C20H16B3F4N5O3. The Hall–Kier alpha value is -3.25. The summed E-state index contributed by atoms with van der Waals surface area (Å²) in [5.41, 5.74) is -0.217. The number of aromatic nitrogens is 2. The summed E-state index contributed by atoms with van der Waals surface area (Å²) in [6, 6.07) is 1.40. The van der Waals surface area contributed by atoms with E-state index in [0.717, 1.165) is 12.1 Å². The minimum absolute atomic E-state index is 0.120. The van der Waals surface area contributed by atoms with Crippen molar-refractivity contribution in [3.63, 3.8) is 0 Å². The average Bonchev–Trinajstić information content (AvgIpc) is 3.05. The zero-order valence-corrected chi connectivity index (χ0v) is 18.1. The highest BCUT2D eigenvalue weighted by molar-refractivity contribution is 6.68. The fourth-order valence-corrected chi connectivity index (χ4v) is 3.74. The largest absolute Gasteiger partial charge is 0.487 e. The van der Waals surface area contributed by atoms with Gasteiger partial charge in [0, 0.05) is 25.0 Å². The number of anilines is 1. The first-order valence-electron chi connectivity index (χ1n) is 10.4. The molecule has 0 aliphatic carbocycles. The van der Waals surface area contributed by atoms with Gasteiger partial charge in [0.1, 0.15) is 17.9 Å². The summed E-state index contributed by atoms with van der Waals surface area (Å²) in [5, 5.41) is -0.146. The number of benzene rings is 1. The van der Waals surface area contributed by atoms with E-state index in [1.54, 1.807) is 4.90 Å². The molecule has 2 saturated heterocycles. The Morgan fingerprint density at radius 2 is 1.77 bits per heavy atom. The maximum Gasteiger partial charge on any atom is 0.286 e. The van der Waals surface area contributed by atoms with Gasteiger partial charge in [0.05, 0.1) is 43.2 Å². The van der Waals surface area contributed by atoms with Crippen molar-refractivity contribution < 1.29 is 31.9 Å². The summed E-state index contributed by atoms with van der Waals surface area (Å²) in [6.07, 6.45) is 2.13. The number of carbonyl (C=O) groups excluding carboxylic acids is 2. The lowest BCUT2D eigenvalue weighted by Crippen LogP contribution is -2.55. The molecule has 2 aromatic rings. The fraction of sp³-hybridized carbons (Fsp3) is 0.400. The molecule has 3 heterocycles. The van der Waals surface area contributed by atoms with E-state index >= 15 is 0 Å². The van der Waals surface area contributed by atoms with Crippen molar-refractivity contribution in [2.45, 2.75) is 23.2 Å². The second-order valence-corrected chi connectivity index (χ2v) is 8.36. The Kier molecular flexibility index (Phi) is 6.45. The second kappa shape index (κ2) is 9.08. The number of rotatable bonds is 6. The van der Waals surface area contributed by atoms with Crippen molar-refractivity contribution in [1.29, 1.82) is 0 Å². The molecule has 0 bridgehead atoms. The van der Waals surface area contributed by atoms with Gasteiger partial charge in [-0.15, -0.1) is 0 Å².